The fourth-order valence-corrected chi connectivity index (χ4v) is 3.45. The van der Waals surface area contributed by atoms with Crippen molar-refractivity contribution in [2.24, 2.45) is 0 Å². The maximum atomic E-state index is 13.3. The number of anilines is 2. The lowest BCUT2D eigenvalue weighted by molar-refractivity contribution is -0.124. The number of nitrogens with zero attached hydrogens (tertiary/aromatic N) is 2. The van der Waals surface area contributed by atoms with Crippen LogP contribution in [0.4, 0.5) is 20.6 Å². The van der Waals surface area contributed by atoms with Crippen molar-refractivity contribution in [3.05, 3.63) is 54.3 Å². The van der Waals surface area contributed by atoms with Crippen molar-refractivity contribution in [3.8, 4) is 5.75 Å². The molecule has 1 N–H and O–H groups in total. The van der Waals surface area contributed by atoms with E-state index in [0.717, 1.165) is 11.3 Å². The molecule has 1 atom stereocenters. The molecule has 4 amide bonds. The topological polar surface area (TPSA) is 79.0 Å². The van der Waals surface area contributed by atoms with E-state index in [2.05, 4.69) is 5.32 Å². The van der Waals surface area contributed by atoms with Crippen LogP contribution in [0.3, 0.4) is 0 Å². The van der Waals surface area contributed by atoms with Crippen LogP contribution in [0.2, 0.25) is 0 Å². The second kappa shape index (κ2) is 9.59. The van der Waals surface area contributed by atoms with Gasteiger partial charge in [-0.2, -0.15) is 0 Å². The minimum absolute atomic E-state index is 0.186. The first kappa shape index (κ1) is 22.3. The summed E-state index contributed by atoms with van der Waals surface area (Å²) in [5.74, 6) is -0.660. The second-order valence-corrected chi connectivity index (χ2v) is 7.57. The van der Waals surface area contributed by atoms with E-state index in [1.54, 1.807) is 38.1 Å². The molecule has 3 rings (SSSR count). The van der Waals surface area contributed by atoms with Crippen molar-refractivity contribution in [2.75, 3.05) is 16.8 Å². The molecule has 0 unspecified atom stereocenters. The van der Waals surface area contributed by atoms with Gasteiger partial charge in [-0.1, -0.05) is 6.92 Å². The van der Waals surface area contributed by atoms with E-state index < -0.39 is 23.8 Å². The van der Waals surface area contributed by atoms with Crippen LogP contribution < -0.4 is 15.0 Å². The third kappa shape index (κ3) is 5.02. The number of rotatable bonds is 8. The molecule has 164 valence electrons. The maximum Gasteiger partial charge on any atom is 0.332 e. The minimum Gasteiger partial charge on any atom is -0.494 e. The summed E-state index contributed by atoms with van der Waals surface area (Å²) in [4.78, 5) is 40.9. The third-order valence-electron chi connectivity index (χ3n) is 4.88. The fourth-order valence-electron chi connectivity index (χ4n) is 3.45. The Labute approximate surface area is 180 Å². The molecule has 8 heteroatoms. The molecule has 2 aromatic rings. The molecule has 0 aliphatic carbocycles. The van der Waals surface area contributed by atoms with Gasteiger partial charge in [0, 0.05) is 11.7 Å². The fraction of sp³-hybridized carbons (Fsp3) is 0.348. The molecule has 0 aromatic heterocycles. The van der Waals surface area contributed by atoms with Crippen LogP contribution in [0.1, 0.15) is 33.6 Å². The highest BCUT2D eigenvalue weighted by atomic mass is 19.1. The van der Waals surface area contributed by atoms with Gasteiger partial charge in [-0.05, 0) is 68.8 Å². The van der Waals surface area contributed by atoms with Crippen molar-refractivity contribution in [1.82, 2.24) is 4.90 Å². The van der Waals surface area contributed by atoms with Gasteiger partial charge < -0.3 is 15.0 Å². The number of hydrogen-bond donors (Lipinski definition) is 1. The van der Waals surface area contributed by atoms with Crippen LogP contribution in [0, 0.1) is 5.82 Å². The zero-order valence-corrected chi connectivity index (χ0v) is 17.8. The highest BCUT2D eigenvalue weighted by Crippen LogP contribution is 2.29. The summed E-state index contributed by atoms with van der Waals surface area (Å²) in [6.45, 7) is 6.18. The van der Waals surface area contributed by atoms with Crippen LogP contribution >= 0.6 is 0 Å². The molecule has 1 fully saturated rings. The summed E-state index contributed by atoms with van der Waals surface area (Å²) < 4.78 is 18.8. The van der Waals surface area contributed by atoms with Gasteiger partial charge in [0.1, 0.15) is 17.6 Å². The van der Waals surface area contributed by atoms with Gasteiger partial charge in [0.05, 0.1) is 18.7 Å². The van der Waals surface area contributed by atoms with E-state index in [-0.39, 0.29) is 24.1 Å². The highest BCUT2D eigenvalue weighted by Gasteiger charge is 2.47. The number of amides is 4. The van der Waals surface area contributed by atoms with Crippen LogP contribution in [0.25, 0.3) is 0 Å². The van der Waals surface area contributed by atoms with E-state index in [4.69, 9.17) is 4.74 Å². The maximum absolute atomic E-state index is 13.3. The normalized spacial score (nSPS) is 16.2. The van der Waals surface area contributed by atoms with Crippen molar-refractivity contribution >= 4 is 29.2 Å². The van der Waals surface area contributed by atoms with Gasteiger partial charge in [0.25, 0.3) is 5.91 Å². The quantitative estimate of drug-likeness (QED) is 0.641. The van der Waals surface area contributed by atoms with Crippen molar-refractivity contribution in [1.29, 1.82) is 0 Å². The Bertz CT molecular complexity index is 944. The molecule has 1 aliphatic heterocycles. The van der Waals surface area contributed by atoms with Gasteiger partial charge >= 0.3 is 6.03 Å². The molecule has 7 nitrogen and oxygen atoms in total. The van der Waals surface area contributed by atoms with E-state index in [1.165, 1.54) is 29.2 Å². The molecule has 0 radical (unpaired) electrons. The summed E-state index contributed by atoms with van der Waals surface area (Å²) in [5, 5.41) is 2.76. The molecule has 0 bridgehead atoms. The number of urea groups is 1. The Morgan fingerprint density at radius 1 is 1.10 bits per heavy atom. The molecule has 1 aliphatic rings. The molecule has 1 heterocycles. The Morgan fingerprint density at radius 3 is 2.32 bits per heavy atom. The molecule has 0 saturated carbocycles. The van der Waals surface area contributed by atoms with Gasteiger partial charge in [0.15, 0.2) is 0 Å². The Hall–Kier alpha value is -3.42. The summed E-state index contributed by atoms with van der Waals surface area (Å²) in [6.07, 6.45) is 0.711. The number of benzene rings is 2. The molecular weight excluding hydrogens is 401 g/mol. The monoisotopic (exact) mass is 427 g/mol. The number of ether oxygens (including phenoxy) is 1. The molecule has 0 spiro atoms. The Balaban J connectivity index is 1.72. The minimum atomic E-state index is -0.940. The SMILES string of the molecule is CCCOc1ccc(NC(=O)C[C@H]2C(=O)N(c3ccc(F)cc3)C(=O)N2C(C)C)cc1. The smallest absolute Gasteiger partial charge is 0.332 e. The van der Waals surface area contributed by atoms with E-state index in [9.17, 15) is 18.8 Å². The van der Waals surface area contributed by atoms with Crippen LogP contribution in [-0.4, -0.2) is 41.4 Å². The van der Waals surface area contributed by atoms with Crippen LogP contribution in [0.5, 0.6) is 5.75 Å². The number of carbonyl (C=O) groups excluding carboxylic acids is 3. The predicted octanol–water partition coefficient (Wildman–Crippen LogP) is 4.19. The average molecular weight is 427 g/mol. The number of imide groups is 1. The molecule has 1 saturated heterocycles. The Kier molecular flexibility index (Phi) is 6.89. The van der Waals surface area contributed by atoms with Gasteiger partial charge in [-0.15, -0.1) is 0 Å². The second-order valence-electron chi connectivity index (χ2n) is 7.57. The standard InChI is InChI=1S/C23H26FN3O4/c1-4-13-31-19-11-7-17(8-12-19)25-21(28)14-20-22(29)27(23(30)26(20)15(2)3)18-9-5-16(24)6-10-18/h5-12,15,20H,4,13-14H2,1-3H3,(H,25,28)/t20-/m0/s1. The number of halogens is 1. The summed E-state index contributed by atoms with van der Waals surface area (Å²) in [5.41, 5.74) is 0.838. The van der Waals surface area contributed by atoms with Crippen LogP contribution in [0.15, 0.2) is 48.5 Å². The zero-order valence-electron chi connectivity index (χ0n) is 17.8. The molecule has 31 heavy (non-hydrogen) atoms. The van der Waals surface area contributed by atoms with Crippen LogP contribution in [-0.2, 0) is 9.59 Å². The first-order valence-corrected chi connectivity index (χ1v) is 10.3. The molecule has 2 aromatic carbocycles. The number of carbonyl (C=O) groups is 3. The van der Waals surface area contributed by atoms with E-state index >= 15 is 0 Å². The van der Waals surface area contributed by atoms with Crippen molar-refractivity contribution in [3.63, 3.8) is 0 Å². The zero-order chi connectivity index (χ0) is 22.5. The first-order valence-electron chi connectivity index (χ1n) is 10.3. The summed E-state index contributed by atoms with van der Waals surface area (Å²) >= 11 is 0. The van der Waals surface area contributed by atoms with E-state index in [0.29, 0.717) is 18.0 Å². The van der Waals surface area contributed by atoms with Gasteiger partial charge in [-0.3, -0.25) is 9.59 Å². The van der Waals surface area contributed by atoms with Gasteiger partial charge in [0.2, 0.25) is 5.91 Å². The average Bonchev–Trinajstić information content (AvgIpc) is 2.98. The lowest BCUT2D eigenvalue weighted by atomic mass is 10.1. The third-order valence-corrected chi connectivity index (χ3v) is 4.88. The Morgan fingerprint density at radius 2 is 1.74 bits per heavy atom. The lowest BCUT2D eigenvalue weighted by Gasteiger charge is -2.25. The predicted molar refractivity (Wildman–Crippen MR) is 116 cm³/mol. The van der Waals surface area contributed by atoms with E-state index in [1.807, 2.05) is 6.92 Å². The first-order chi connectivity index (χ1) is 14.8. The van der Waals surface area contributed by atoms with Gasteiger partial charge in [-0.25, -0.2) is 14.1 Å². The number of nitrogens with one attached hydrogen (secondary N) is 1. The van der Waals surface area contributed by atoms with Crippen molar-refractivity contribution < 1.29 is 23.5 Å². The highest BCUT2D eigenvalue weighted by molar-refractivity contribution is 6.22. The van der Waals surface area contributed by atoms with Crippen molar-refractivity contribution in [2.45, 2.75) is 45.7 Å². The molecular formula is C23H26FN3O4. The largest absolute Gasteiger partial charge is 0.494 e. The summed E-state index contributed by atoms with van der Waals surface area (Å²) in [7, 11) is 0. The number of hydrogen-bond acceptors (Lipinski definition) is 4. The lowest BCUT2D eigenvalue weighted by Crippen LogP contribution is -2.42. The summed E-state index contributed by atoms with van der Waals surface area (Å²) in [6, 6.07) is 10.3.